The van der Waals surface area contributed by atoms with E-state index in [0.29, 0.717) is 11.5 Å². The summed E-state index contributed by atoms with van der Waals surface area (Å²) >= 11 is 0. The zero-order valence-electron chi connectivity index (χ0n) is 10.2. The lowest BCUT2D eigenvalue weighted by Gasteiger charge is -2.12. The maximum absolute atomic E-state index is 11.7. The van der Waals surface area contributed by atoms with Crippen LogP contribution in [0.1, 0.15) is 23.2 Å². The van der Waals surface area contributed by atoms with Gasteiger partial charge < -0.3 is 15.2 Å². The largest absolute Gasteiger partial charge is 0.389 e. The minimum Gasteiger partial charge on any atom is -0.389 e. The van der Waals surface area contributed by atoms with Gasteiger partial charge in [-0.25, -0.2) is 0 Å². The van der Waals surface area contributed by atoms with Gasteiger partial charge in [0, 0.05) is 31.1 Å². The van der Waals surface area contributed by atoms with Crippen molar-refractivity contribution in [3.63, 3.8) is 0 Å². The molecule has 0 bridgehead atoms. The molecule has 0 radical (unpaired) electrons. The second-order valence-electron chi connectivity index (χ2n) is 4.58. The topological polar surface area (TPSA) is 71.5 Å². The van der Waals surface area contributed by atoms with E-state index in [4.69, 9.17) is 4.74 Å². The second kappa shape index (κ2) is 6.47. The molecule has 1 aliphatic rings. The fraction of sp³-hybridized carbons (Fsp3) is 0.538. The number of amides is 1. The molecule has 1 atom stereocenters. The van der Waals surface area contributed by atoms with Crippen molar-refractivity contribution >= 4 is 5.91 Å². The summed E-state index contributed by atoms with van der Waals surface area (Å²) in [5, 5.41) is 12.3. The number of rotatable bonds is 7. The Kier molecular flexibility index (Phi) is 4.66. The van der Waals surface area contributed by atoms with Gasteiger partial charge in [0.15, 0.2) is 0 Å². The highest BCUT2D eigenvalue weighted by Gasteiger charge is 2.21. The molecule has 1 heterocycles. The van der Waals surface area contributed by atoms with Crippen molar-refractivity contribution in [1.29, 1.82) is 0 Å². The van der Waals surface area contributed by atoms with Gasteiger partial charge in [-0.05, 0) is 30.9 Å². The summed E-state index contributed by atoms with van der Waals surface area (Å²) in [7, 11) is 0. The van der Waals surface area contributed by atoms with Crippen LogP contribution in [0.2, 0.25) is 0 Å². The highest BCUT2D eigenvalue weighted by Crippen LogP contribution is 2.28. The molecule has 1 aliphatic carbocycles. The molecule has 1 aromatic heterocycles. The SMILES string of the molecule is O=C(NCC(O)COCC1CC1)c1ccncc1. The number of carbonyl (C=O) groups excluding carboxylic acids is 1. The van der Waals surface area contributed by atoms with Crippen LogP contribution in [0.4, 0.5) is 0 Å². The zero-order chi connectivity index (χ0) is 12.8. The number of aliphatic hydroxyl groups excluding tert-OH is 1. The van der Waals surface area contributed by atoms with Crippen LogP contribution in [0.15, 0.2) is 24.5 Å². The van der Waals surface area contributed by atoms with Gasteiger partial charge in [-0.3, -0.25) is 9.78 Å². The lowest BCUT2D eigenvalue weighted by Crippen LogP contribution is -2.34. The Balaban J connectivity index is 1.62. The normalized spacial score (nSPS) is 16.3. The van der Waals surface area contributed by atoms with E-state index in [2.05, 4.69) is 10.3 Å². The molecule has 0 spiro atoms. The third-order valence-electron chi connectivity index (χ3n) is 2.80. The number of hydrogen-bond acceptors (Lipinski definition) is 4. The first-order valence-electron chi connectivity index (χ1n) is 6.19. The van der Waals surface area contributed by atoms with E-state index in [9.17, 15) is 9.90 Å². The van der Waals surface area contributed by atoms with Gasteiger partial charge in [0.2, 0.25) is 0 Å². The van der Waals surface area contributed by atoms with Crippen molar-refractivity contribution in [1.82, 2.24) is 10.3 Å². The Hall–Kier alpha value is -1.46. The van der Waals surface area contributed by atoms with Crippen LogP contribution in [0.25, 0.3) is 0 Å². The van der Waals surface area contributed by atoms with Gasteiger partial charge in [-0.15, -0.1) is 0 Å². The first-order chi connectivity index (χ1) is 8.75. The number of nitrogens with zero attached hydrogens (tertiary/aromatic N) is 1. The number of aliphatic hydroxyl groups is 1. The van der Waals surface area contributed by atoms with E-state index in [-0.39, 0.29) is 19.1 Å². The molecular weight excluding hydrogens is 232 g/mol. The van der Waals surface area contributed by atoms with Gasteiger partial charge >= 0.3 is 0 Å². The van der Waals surface area contributed by atoms with Gasteiger partial charge in [-0.1, -0.05) is 0 Å². The second-order valence-corrected chi connectivity index (χ2v) is 4.58. The number of carbonyl (C=O) groups is 1. The minimum atomic E-state index is -0.658. The van der Waals surface area contributed by atoms with Crippen molar-refractivity contribution < 1.29 is 14.6 Å². The van der Waals surface area contributed by atoms with Crippen molar-refractivity contribution in [2.24, 2.45) is 5.92 Å². The molecule has 0 aliphatic heterocycles. The number of hydrogen-bond donors (Lipinski definition) is 2. The Bertz CT molecular complexity index is 379. The average Bonchev–Trinajstić information content (AvgIpc) is 3.21. The van der Waals surface area contributed by atoms with Gasteiger partial charge in [-0.2, -0.15) is 0 Å². The highest BCUT2D eigenvalue weighted by atomic mass is 16.5. The molecule has 0 aromatic carbocycles. The Labute approximate surface area is 106 Å². The molecule has 1 aromatic rings. The summed E-state index contributed by atoms with van der Waals surface area (Å²) < 4.78 is 5.35. The summed E-state index contributed by atoms with van der Waals surface area (Å²) in [4.78, 5) is 15.5. The molecule has 5 nitrogen and oxygen atoms in total. The fourth-order valence-corrected chi connectivity index (χ4v) is 1.53. The van der Waals surface area contributed by atoms with Crippen LogP contribution in [-0.4, -0.2) is 41.9 Å². The molecule has 1 unspecified atom stereocenters. The third-order valence-corrected chi connectivity index (χ3v) is 2.80. The van der Waals surface area contributed by atoms with Crippen molar-refractivity contribution in [3.05, 3.63) is 30.1 Å². The molecule has 18 heavy (non-hydrogen) atoms. The van der Waals surface area contributed by atoms with Crippen LogP contribution >= 0.6 is 0 Å². The van der Waals surface area contributed by atoms with E-state index < -0.39 is 6.10 Å². The summed E-state index contributed by atoms with van der Waals surface area (Å²) in [5.41, 5.74) is 0.538. The van der Waals surface area contributed by atoms with Crippen molar-refractivity contribution in [3.8, 4) is 0 Å². The number of aromatic nitrogens is 1. The number of pyridine rings is 1. The molecule has 1 amide bonds. The molecule has 98 valence electrons. The molecule has 5 heteroatoms. The summed E-state index contributed by atoms with van der Waals surface area (Å²) in [6, 6.07) is 3.26. The fourth-order valence-electron chi connectivity index (χ4n) is 1.53. The minimum absolute atomic E-state index is 0.200. The Morgan fingerprint density at radius 2 is 2.22 bits per heavy atom. The Morgan fingerprint density at radius 3 is 2.89 bits per heavy atom. The first kappa shape index (κ1) is 13.0. The number of ether oxygens (including phenoxy) is 1. The lowest BCUT2D eigenvalue weighted by molar-refractivity contribution is 0.0320. The predicted molar refractivity (Wildman–Crippen MR) is 66.1 cm³/mol. The van der Waals surface area contributed by atoms with E-state index in [1.54, 1.807) is 24.5 Å². The Morgan fingerprint density at radius 1 is 1.50 bits per heavy atom. The maximum atomic E-state index is 11.7. The smallest absolute Gasteiger partial charge is 0.251 e. The predicted octanol–water partition coefficient (Wildman–Crippen LogP) is 0.599. The van der Waals surface area contributed by atoms with Gasteiger partial charge in [0.05, 0.1) is 12.7 Å². The zero-order valence-corrected chi connectivity index (χ0v) is 10.2. The standard InChI is InChI=1S/C13H18N2O3/c16-12(9-18-8-10-1-2-10)7-15-13(17)11-3-5-14-6-4-11/h3-6,10,12,16H,1-2,7-9H2,(H,15,17). The number of nitrogens with one attached hydrogen (secondary N) is 1. The molecule has 2 N–H and O–H groups in total. The van der Waals surface area contributed by atoms with Crippen LogP contribution < -0.4 is 5.32 Å². The van der Waals surface area contributed by atoms with Crippen molar-refractivity contribution in [2.75, 3.05) is 19.8 Å². The molecule has 1 saturated carbocycles. The van der Waals surface area contributed by atoms with E-state index in [1.165, 1.54) is 12.8 Å². The molecular formula is C13H18N2O3. The highest BCUT2D eigenvalue weighted by molar-refractivity contribution is 5.93. The van der Waals surface area contributed by atoms with Gasteiger partial charge in [0.1, 0.15) is 0 Å². The molecule has 2 rings (SSSR count). The third kappa shape index (κ3) is 4.43. The van der Waals surface area contributed by atoms with E-state index in [1.807, 2.05) is 0 Å². The summed E-state index contributed by atoms with van der Waals surface area (Å²) in [6.45, 7) is 1.19. The monoisotopic (exact) mass is 250 g/mol. The van der Waals surface area contributed by atoms with E-state index >= 15 is 0 Å². The van der Waals surface area contributed by atoms with Crippen LogP contribution in [-0.2, 0) is 4.74 Å². The van der Waals surface area contributed by atoms with E-state index in [0.717, 1.165) is 6.61 Å². The molecule has 1 fully saturated rings. The maximum Gasteiger partial charge on any atom is 0.251 e. The lowest BCUT2D eigenvalue weighted by atomic mass is 10.2. The quantitative estimate of drug-likeness (QED) is 0.743. The summed E-state index contributed by atoms with van der Waals surface area (Å²) in [5.74, 6) is 0.474. The van der Waals surface area contributed by atoms with Crippen molar-refractivity contribution in [2.45, 2.75) is 18.9 Å². The average molecular weight is 250 g/mol. The van der Waals surface area contributed by atoms with Crippen LogP contribution in [0.5, 0.6) is 0 Å². The van der Waals surface area contributed by atoms with Gasteiger partial charge in [0.25, 0.3) is 5.91 Å². The summed E-state index contributed by atoms with van der Waals surface area (Å²) in [6.07, 6.45) is 4.92. The van der Waals surface area contributed by atoms with Crippen LogP contribution in [0.3, 0.4) is 0 Å². The van der Waals surface area contributed by atoms with Crippen LogP contribution in [0, 0.1) is 5.92 Å². The molecule has 0 saturated heterocycles. The first-order valence-corrected chi connectivity index (χ1v) is 6.19.